The van der Waals surface area contributed by atoms with Crippen LogP contribution in [0.1, 0.15) is 12.0 Å². The number of fused-ring (bicyclic) bond motifs is 1. The van der Waals surface area contributed by atoms with Gasteiger partial charge in [-0.15, -0.1) is 5.10 Å². The number of tetrazole rings is 1. The molecule has 0 saturated carbocycles. The van der Waals surface area contributed by atoms with E-state index in [9.17, 15) is 9.59 Å². The number of hydrogen-bond acceptors (Lipinski definition) is 6. The van der Waals surface area contributed by atoms with Crippen LogP contribution in [0.15, 0.2) is 47.6 Å². The van der Waals surface area contributed by atoms with Crippen LogP contribution in [0.4, 0.5) is 0 Å². The number of hydrazine groups is 1. The van der Waals surface area contributed by atoms with Crippen molar-refractivity contribution in [2.24, 2.45) is 7.05 Å². The maximum atomic E-state index is 12.0. The molecule has 2 aromatic carbocycles. The van der Waals surface area contributed by atoms with E-state index in [1.807, 2.05) is 42.5 Å². The first kappa shape index (κ1) is 17.9. The van der Waals surface area contributed by atoms with Crippen LogP contribution in [0.5, 0.6) is 0 Å². The maximum Gasteiger partial charge on any atom is 0.242 e. The molecule has 0 unspecified atom stereocenters. The summed E-state index contributed by atoms with van der Waals surface area (Å²) >= 11 is 1.37. The van der Waals surface area contributed by atoms with E-state index in [-0.39, 0.29) is 24.7 Å². The second kappa shape index (κ2) is 8.43. The highest BCUT2D eigenvalue weighted by atomic mass is 32.2. The first-order valence-corrected chi connectivity index (χ1v) is 9.01. The van der Waals surface area contributed by atoms with Crippen molar-refractivity contribution in [1.29, 1.82) is 0 Å². The molecular weight excluding hydrogens is 352 g/mol. The fraction of sp³-hybridized carbons (Fsp3) is 0.235. The van der Waals surface area contributed by atoms with Gasteiger partial charge in [-0.1, -0.05) is 54.2 Å². The quantitative estimate of drug-likeness (QED) is 0.500. The topological polar surface area (TPSA) is 102 Å². The third-order valence-corrected chi connectivity index (χ3v) is 4.67. The normalized spacial score (nSPS) is 10.7. The van der Waals surface area contributed by atoms with Crippen LogP contribution in [0.2, 0.25) is 0 Å². The Labute approximate surface area is 154 Å². The van der Waals surface area contributed by atoms with Gasteiger partial charge in [-0.3, -0.25) is 20.4 Å². The summed E-state index contributed by atoms with van der Waals surface area (Å²) < 4.78 is 1.54. The lowest BCUT2D eigenvalue weighted by atomic mass is 10.1. The largest absolute Gasteiger partial charge is 0.273 e. The second-order valence-electron chi connectivity index (χ2n) is 5.64. The molecule has 1 aromatic heterocycles. The van der Waals surface area contributed by atoms with Crippen LogP contribution in [0, 0.1) is 0 Å². The summed E-state index contributed by atoms with van der Waals surface area (Å²) in [5, 5.41) is 13.9. The van der Waals surface area contributed by atoms with Crippen molar-refractivity contribution in [3.05, 3.63) is 48.0 Å². The van der Waals surface area contributed by atoms with E-state index < -0.39 is 0 Å². The highest BCUT2D eigenvalue weighted by Gasteiger charge is 2.08. The number of aryl methyl sites for hydroxylation is 1. The molecule has 0 atom stereocenters. The lowest BCUT2D eigenvalue weighted by Crippen LogP contribution is -2.42. The summed E-state index contributed by atoms with van der Waals surface area (Å²) in [5.41, 5.74) is 5.75. The van der Waals surface area contributed by atoms with Gasteiger partial charge < -0.3 is 0 Å². The Morgan fingerprint density at radius 1 is 1.08 bits per heavy atom. The van der Waals surface area contributed by atoms with Crippen LogP contribution < -0.4 is 10.9 Å². The highest BCUT2D eigenvalue weighted by molar-refractivity contribution is 7.99. The summed E-state index contributed by atoms with van der Waals surface area (Å²) in [7, 11) is 1.73. The zero-order chi connectivity index (χ0) is 18.4. The van der Waals surface area contributed by atoms with Gasteiger partial charge in [0, 0.05) is 19.2 Å². The number of rotatable bonds is 6. The predicted octanol–water partition coefficient (Wildman–Crippen LogP) is 1.24. The summed E-state index contributed by atoms with van der Waals surface area (Å²) in [6, 6.07) is 13.8. The van der Waals surface area contributed by atoms with Gasteiger partial charge in [0.15, 0.2) is 0 Å². The Morgan fingerprint density at radius 3 is 2.62 bits per heavy atom. The van der Waals surface area contributed by atoms with E-state index >= 15 is 0 Å². The standard InChI is InChI=1S/C17H18N6O2S/c1-23-17(20-21-22-23)26-9-8-15(24)18-19-16(25)11-12-6-7-13-4-2-3-5-14(13)10-12/h2-7,10H,8-9,11H2,1H3,(H,18,24)(H,19,25). The van der Waals surface area contributed by atoms with E-state index in [2.05, 4.69) is 26.4 Å². The lowest BCUT2D eigenvalue weighted by Gasteiger charge is -2.08. The van der Waals surface area contributed by atoms with Crippen LogP contribution in [0.25, 0.3) is 10.8 Å². The van der Waals surface area contributed by atoms with Gasteiger partial charge in [0.2, 0.25) is 17.0 Å². The van der Waals surface area contributed by atoms with Crippen molar-refractivity contribution in [2.45, 2.75) is 18.0 Å². The highest BCUT2D eigenvalue weighted by Crippen LogP contribution is 2.16. The smallest absolute Gasteiger partial charge is 0.242 e. The molecule has 0 radical (unpaired) electrons. The number of nitrogens with zero attached hydrogens (tertiary/aromatic N) is 4. The third kappa shape index (κ3) is 4.79. The molecule has 26 heavy (non-hydrogen) atoms. The SMILES string of the molecule is Cn1nnnc1SCCC(=O)NNC(=O)Cc1ccc2ccccc2c1. The molecule has 0 aliphatic rings. The minimum absolute atomic E-state index is 0.199. The number of thioether (sulfide) groups is 1. The van der Waals surface area contributed by atoms with Gasteiger partial charge in [0.1, 0.15) is 0 Å². The van der Waals surface area contributed by atoms with Crippen molar-refractivity contribution in [1.82, 2.24) is 31.1 Å². The monoisotopic (exact) mass is 370 g/mol. The number of benzene rings is 2. The van der Waals surface area contributed by atoms with Crippen molar-refractivity contribution in [2.75, 3.05) is 5.75 Å². The minimum Gasteiger partial charge on any atom is -0.273 e. The van der Waals surface area contributed by atoms with Crippen LogP contribution >= 0.6 is 11.8 Å². The first-order valence-electron chi connectivity index (χ1n) is 8.02. The Morgan fingerprint density at radius 2 is 1.85 bits per heavy atom. The molecule has 0 bridgehead atoms. The molecular formula is C17H18N6O2S. The van der Waals surface area contributed by atoms with Crippen LogP contribution in [-0.4, -0.2) is 37.8 Å². The molecule has 1 heterocycles. The molecule has 0 fully saturated rings. The van der Waals surface area contributed by atoms with Crippen molar-refractivity contribution in [3.8, 4) is 0 Å². The lowest BCUT2D eigenvalue weighted by molar-refractivity contribution is -0.128. The van der Waals surface area contributed by atoms with Crippen molar-refractivity contribution in [3.63, 3.8) is 0 Å². The van der Waals surface area contributed by atoms with Gasteiger partial charge in [-0.25, -0.2) is 4.68 Å². The van der Waals surface area contributed by atoms with Gasteiger partial charge in [0.05, 0.1) is 6.42 Å². The molecule has 0 saturated heterocycles. The van der Waals surface area contributed by atoms with Crippen molar-refractivity contribution < 1.29 is 9.59 Å². The molecule has 2 amide bonds. The summed E-state index contributed by atoms with van der Waals surface area (Å²) in [6.45, 7) is 0. The Hall–Kier alpha value is -2.94. The second-order valence-corrected chi connectivity index (χ2v) is 6.70. The van der Waals surface area contributed by atoms with Crippen LogP contribution in [0.3, 0.4) is 0 Å². The summed E-state index contributed by atoms with van der Waals surface area (Å²) in [6.07, 6.45) is 0.443. The maximum absolute atomic E-state index is 12.0. The predicted molar refractivity (Wildman–Crippen MR) is 98.1 cm³/mol. The molecule has 0 aliphatic carbocycles. The summed E-state index contributed by atoms with van der Waals surface area (Å²) in [4.78, 5) is 23.8. The van der Waals surface area contributed by atoms with E-state index in [4.69, 9.17) is 0 Å². The number of carbonyl (C=O) groups excluding carboxylic acids is 2. The van der Waals surface area contributed by atoms with Gasteiger partial charge in [0.25, 0.3) is 0 Å². The first-order chi connectivity index (χ1) is 12.6. The fourth-order valence-electron chi connectivity index (χ4n) is 2.36. The Balaban J connectivity index is 1.41. The molecule has 0 spiro atoms. The number of aromatic nitrogens is 4. The molecule has 3 rings (SSSR count). The minimum atomic E-state index is -0.265. The fourth-order valence-corrected chi connectivity index (χ4v) is 3.15. The van der Waals surface area contributed by atoms with Crippen LogP contribution in [-0.2, 0) is 23.1 Å². The summed E-state index contributed by atoms with van der Waals surface area (Å²) in [5.74, 6) is -0.0149. The third-order valence-electron chi connectivity index (χ3n) is 3.66. The van der Waals surface area contributed by atoms with E-state index in [1.54, 1.807) is 7.05 Å². The van der Waals surface area contributed by atoms with E-state index in [0.717, 1.165) is 16.3 Å². The zero-order valence-corrected chi connectivity index (χ0v) is 15.0. The average Bonchev–Trinajstić information content (AvgIpc) is 3.05. The van der Waals surface area contributed by atoms with E-state index in [1.165, 1.54) is 16.4 Å². The van der Waals surface area contributed by atoms with Gasteiger partial charge in [-0.2, -0.15) is 0 Å². The molecule has 3 aromatic rings. The molecule has 9 heteroatoms. The van der Waals surface area contributed by atoms with E-state index in [0.29, 0.717) is 10.9 Å². The molecule has 134 valence electrons. The molecule has 8 nitrogen and oxygen atoms in total. The zero-order valence-electron chi connectivity index (χ0n) is 14.2. The van der Waals surface area contributed by atoms with Crippen molar-refractivity contribution >= 4 is 34.3 Å². The molecule has 2 N–H and O–H groups in total. The van der Waals surface area contributed by atoms with Gasteiger partial charge in [-0.05, 0) is 26.8 Å². The number of hydrogen-bond donors (Lipinski definition) is 2. The number of carbonyl (C=O) groups is 2. The van der Waals surface area contributed by atoms with Gasteiger partial charge >= 0.3 is 0 Å². The number of amides is 2. The average molecular weight is 370 g/mol. The number of nitrogens with one attached hydrogen (secondary N) is 2. The Bertz CT molecular complexity index is 926. The Kier molecular flexibility index (Phi) is 5.80. The molecule has 0 aliphatic heterocycles.